The van der Waals surface area contributed by atoms with Gasteiger partial charge in [-0.3, -0.25) is 0 Å². The van der Waals surface area contributed by atoms with Crippen molar-refractivity contribution in [3.63, 3.8) is 0 Å². The van der Waals surface area contributed by atoms with Crippen LogP contribution in [0.4, 0.5) is 11.5 Å². The van der Waals surface area contributed by atoms with E-state index in [4.69, 9.17) is 5.73 Å². The van der Waals surface area contributed by atoms with Crippen LogP contribution in [0.2, 0.25) is 0 Å². The van der Waals surface area contributed by atoms with Crippen LogP contribution in [-0.2, 0) is 0 Å². The summed E-state index contributed by atoms with van der Waals surface area (Å²) in [5, 5.41) is 0. The molecule has 19 heavy (non-hydrogen) atoms. The first-order chi connectivity index (χ1) is 9.25. The molecule has 0 amide bonds. The minimum absolute atomic E-state index is 0.441. The summed E-state index contributed by atoms with van der Waals surface area (Å²) >= 11 is 0. The Labute approximate surface area is 114 Å². The average molecular weight is 253 g/mol. The minimum Gasteiger partial charge on any atom is -0.397 e. The Morgan fingerprint density at radius 3 is 2.68 bits per heavy atom. The van der Waals surface area contributed by atoms with Crippen molar-refractivity contribution < 1.29 is 0 Å². The Morgan fingerprint density at radius 2 is 1.95 bits per heavy atom. The van der Waals surface area contributed by atoms with Crippen LogP contribution in [0.1, 0.15) is 30.1 Å². The van der Waals surface area contributed by atoms with E-state index in [2.05, 4.69) is 40.2 Å². The van der Waals surface area contributed by atoms with Crippen molar-refractivity contribution in [1.82, 2.24) is 4.98 Å². The van der Waals surface area contributed by atoms with Crippen molar-refractivity contribution in [3.8, 4) is 0 Å². The van der Waals surface area contributed by atoms with Gasteiger partial charge in [-0.2, -0.15) is 0 Å². The molecule has 1 atom stereocenters. The highest BCUT2D eigenvalue weighted by atomic mass is 15.2. The van der Waals surface area contributed by atoms with Crippen LogP contribution in [0.15, 0.2) is 42.5 Å². The minimum atomic E-state index is 0.441. The van der Waals surface area contributed by atoms with E-state index < -0.39 is 0 Å². The van der Waals surface area contributed by atoms with Gasteiger partial charge in [0.2, 0.25) is 0 Å². The molecule has 3 nitrogen and oxygen atoms in total. The number of hydrogen-bond acceptors (Lipinski definition) is 3. The van der Waals surface area contributed by atoms with E-state index in [1.165, 1.54) is 18.4 Å². The largest absolute Gasteiger partial charge is 0.397 e. The molecule has 1 fully saturated rings. The SMILES string of the molecule is Cc1nc(N2CCCC2c2ccccc2)ccc1N. The topological polar surface area (TPSA) is 42.2 Å². The molecule has 3 rings (SSSR count). The van der Waals surface area contributed by atoms with E-state index in [-0.39, 0.29) is 0 Å². The van der Waals surface area contributed by atoms with Crippen LogP contribution >= 0.6 is 0 Å². The van der Waals surface area contributed by atoms with E-state index in [9.17, 15) is 0 Å². The average Bonchev–Trinajstić information content (AvgIpc) is 2.92. The fourth-order valence-electron chi connectivity index (χ4n) is 2.78. The van der Waals surface area contributed by atoms with Crippen molar-refractivity contribution in [3.05, 3.63) is 53.7 Å². The molecule has 1 aromatic heterocycles. The van der Waals surface area contributed by atoms with Gasteiger partial charge in [-0.15, -0.1) is 0 Å². The highest BCUT2D eigenvalue weighted by Gasteiger charge is 2.26. The molecule has 1 aliphatic rings. The number of rotatable bonds is 2. The zero-order valence-electron chi connectivity index (χ0n) is 11.2. The van der Waals surface area contributed by atoms with Crippen molar-refractivity contribution in [2.45, 2.75) is 25.8 Å². The molecule has 0 bridgehead atoms. The normalized spacial score (nSPS) is 18.8. The molecule has 0 saturated carbocycles. The van der Waals surface area contributed by atoms with E-state index in [0.29, 0.717) is 6.04 Å². The van der Waals surface area contributed by atoms with Gasteiger partial charge in [0.05, 0.1) is 17.4 Å². The van der Waals surface area contributed by atoms with Crippen LogP contribution in [0, 0.1) is 6.92 Å². The van der Waals surface area contributed by atoms with Gasteiger partial charge in [-0.1, -0.05) is 30.3 Å². The number of nitrogen functional groups attached to an aromatic ring is 1. The van der Waals surface area contributed by atoms with E-state index in [1.807, 2.05) is 19.1 Å². The van der Waals surface area contributed by atoms with Gasteiger partial charge < -0.3 is 10.6 Å². The maximum atomic E-state index is 5.85. The monoisotopic (exact) mass is 253 g/mol. The Balaban J connectivity index is 1.93. The van der Waals surface area contributed by atoms with Crippen molar-refractivity contribution in [2.24, 2.45) is 0 Å². The fourth-order valence-corrected chi connectivity index (χ4v) is 2.78. The van der Waals surface area contributed by atoms with Crippen molar-refractivity contribution in [2.75, 3.05) is 17.2 Å². The number of aryl methyl sites for hydroxylation is 1. The lowest BCUT2D eigenvalue weighted by Crippen LogP contribution is -2.23. The quantitative estimate of drug-likeness (QED) is 0.892. The third kappa shape index (κ3) is 2.28. The van der Waals surface area contributed by atoms with Crippen LogP contribution in [0.3, 0.4) is 0 Å². The highest BCUT2D eigenvalue weighted by molar-refractivity contribution is 5.52. The second-order valence-electron chi connectivity index (χ2n) is 5.11. The van der Waals surface area contributed by atoms with Gasteiger partial charge in [-0.25, -0.2) is 4.98 Å². The summed E-state index contributed by atoms with van der Waals surface area (Å²) in [6, 6.07) is 15.1. The van der Waals surface area contributed by atoms with Gasteiger partial charge in [0.1, 0.15) is 5.82 Å². The fraction of sp³-hybridized carbons (Fsp3) is 0.312. The third-order valence-corrected chi connectivity index (χ3v) is 3.84. The second-order valence-corrected chi connectivity index (χ2v) is 5.11. The van der Waals surface area contributed by atoms with Gasteiger partial charge in [0, 0.05) is 6.54 Å². The number of pyridine rings is 1. The molecule has 3 heteroatoms. The number of nitrogens with two attached hydrogens (primary N) is 1. The van der Waals surface area contributed by atoms with E-state index in [0.717, 1.165) is 23.7 Å². The molecule has 1 saturated heterocycles. The van der Waals surface area contributed by atoms with E-state index in [1.54, 1.807) is 0 Å². The molecular formula is C16H19N3. The van der Waals surface area contributed by atoms with Gasteiger partial charge in [-0.05, 0) is 37.5 Å². The summed E-state index contributed by atoms with van der Waals surface area (Å²) < 4.78 is 0. The highest BCUT2D eigenvalue weighted by Crippen LogP contribution is 2.35. The van der Waals surface area contributed by atoms with Crippen LogP contribution in [-0.4, -0.2) is 11.5 Å². The zero-order valence-corrected chi connectivity index (χ0v) is 11.2. The molecule has 2 N–H and O–H groups in total. The van der Waals surface area contributed by atoms with Crippen LogP contribution in [0.25, 0.3) is 0 Å². The Kier molecular flexibility index (Phi) is 3.11. The lowest BCUT2D eigenvalue weighted by molar-refractivity contribution is 0.711. The molecule has 2 aromatic rings. The number of hydrogen-bond donors (Lipinski definition) is 1. The second kappa shape index (κ2) is 4.92. The molecule has 0 radical (unpaired) electrons. The molecule has 1 aliphatic heterocycles. The van der Waals surface area contributed by atoms with Gasteiger partial charge in [0.25, 0.3) is 0 Å². The first kappa shape index (κ1) is 12.0. The number of aromatic nitrogens is 1. The molecule has 1 aromatic carbocycles. The maximum Gasteiger partial charge on any atom is 0.129 e. The zero-order chi connectivity index (χ0) is 13.2. The standard InChI is InChI=1S/C16H19N3/c1-12-14(17)9-10-16(18-12)19-11-5-8-15(19)13-6-3-2-4-7-13/h2-4,6-7,9-10,15H,5,8,11,17H2,1H3. The summed E-state index contributed by atoms with van der Waals surface area (Å²) in [6.07, 6.45) is 2.40. The first-order valence-corrected chi connectivity index (χ1v) is 6.80. The molecular weight excluding hydrogens is 234 g/mol. The predicted molar refractivity (Wildman–Crippen MR) is 79.1 cm³/mol. The smallest absolute Gasteiger partial charge is 0.129 e. The van der Waals surface area contributed by atoms with Crippen molar-refractivity contribution in [1.29, 1.82) is 0 Å². The van der Waals surface area contributed by atoms with Crippen molar-refractivity contribution >= 4 is 11.5 Å². The van der Waals surface area contributed by atoms with Crippen LogP contribution in [0.5, 0.6) is 0 Å². The predicted octanol–water partition coefficient (Wildman–Crippen LogP) is 3.31. The Hall–Kier alpha value is -2.03. The molecule has 1 unspecified atom stereocenters. The Bertz CT molecular complexity index is 565. The number of benzene rings is 1. The maximum absolute atomic E-state index is 5.85. The van der Waals surface area contributed by atoms with E-state index >= 15 is 0 Å². The summed E-state index contributed by atoms with van der Waals surface area (Å²) in [6.45, 7) is 3.03. The van der Waals surface area contributed by atoms with Gasteiger partial charge in [0.15, 0.2) is 0 Å². The molecule has 0 spiro atoms. The number of anilines is 2. The van der Waals surface area contributed by atoms with Crippen LogP contribution < -0.4 is 10.6 Å². The Morgan fingerprint density at radius 1 is 1.16 bits per heavy atom. The van der Waals surface area contributed by atoms with Gasteiger partial charge >= 0.3 is 0 Å². The third-order valence-electron chi connectivity index (χ3n) is 3.84. The summed E-state index contributed by atoms with van der Waals surface area (Å²) in [5.41, 5.74) is 8.90. The summed E-state index contributed by atoms with van der Waals surface area (Å²) in [7, 11) is 0. The molecule has 98 valence electrons. The number of nitrogens with zero attached hydrogens (tertiary/aromatic N) is 2. The lowest BCUT2D eigenvalue weighted by atomic mass is 10.0. The molecule has 2 heterocycles. The summed E-state index contributed by atoms with van der Waals surface area (Å²) in [4.78, 5) is 7.02. The summed E-state index contributed by atoms with van der Waals surface area (Å²) in [5.74, 6) is 1.04. The first-order valence-electron chi connectivity index (χ1n) is 6.80. The lowest BCUT2D eigenvalue weighted by Gasteiger charge is -2.26. The molecule has 0 aliphatic carbocycles.